The molecule has 1 aromatic rings. The normalized spacial score (nSPS) is 18.1. The zero-order chi connectivity index (χ0) is 13.0. The molecule has 1 aliphatic heterocycles. The van der Waals surface area contributed by atoms with Crippen molar-refractivity contribution in [3.05, 3.63) is 20.8 Å². The van der Waals surface area contributed by atoms with Crippen molar-refractivity contribution in [1.29, 1.82) is 0 Å². The van der Waals surface area contributed by atoms with Crippen LogP contribution in [0, 0.1) is 5.92 Å². The van der Waals surface area contributed by atoms with E-state index in [1.807, 2.05) is 12.1 Å². The van der Waals surface area contributed by atoms with E-state index in [-0.39, 0.29) is 5.78 Å². The molecule has 0 unspecified atom stereocenters. The molecule has 1 saturated heterocycles. The Labute approximate surface area is 120 Å². The number of carbonyl (C=O) groups is 1. The molecule has 0 amide bonds. The maximum atomic E-state index is 12.1. The summed E-state index contributed by atoms with van der Waals surface area (Å²) in [5.41, 5.74) is 0. The molecule has 0 bridgehead atoms. The van der Waals surface area contributed by atoms with Crippen LogP contribution in [0.25, 0.3) is 0 Å². The lowest BCUT2D eigenvalue weighted by Crippen LogP contribution is -2.38. The van der Waals surface area contributed by atoms with Crippen molar-refractivity contribution in [2.24, 2.45) is 5.92 Å². The second-order valence-electron chi connectivity index (χ2n) is 4.70. The highest BCUT2D eigenvalue weighted by Gasteiger charge is 2.21. The highest BCUT2D eigenvalue weighted by Crippen LogP contribution is 2.23. The monoisotopic (exact) mass is 331 g/mol. The van der Waals surface area contributed by atoms with Gasteiger partial charge in [-0.3, -0.25) is 9.69 Å². The minimum Gasteiger partial charge on any atom is -0.384 e. The van der Waals surface area contributed by atoms with Crippen LogP contribution < -0.4 is 0 Å². The maximum Gasteiger partial charge on any atom is 0.186 e. The van der Waals surface area contributed by atoms with E-state index in [0.29, 0.717) is 12.5 Å². The van der Waals surface area contributed by atoms with Gasteiger partial charge in [0, 0.05) is 13.7 Å². The van der Waals surface area contributed by atoms with Crippen molar-refractivity contribution < 1.29 is 9.53 Å². The number of hydrogen-bond acceptors (Lipinski definition) is 4. The van der Waals surface area contributed by atoms with Crippen molar-refractivity contribution in [2.75, 3.05) is 33.4 Å². The van der Waals surface area contributed by atoms with Crippen LogP contribution in [-0.4, -0.2) is 44.0 Å². The Morgan fingerprint density at radius 3 is 2.78 bits per heavy atom. The van der Waals surface area contributed by atoms with Gasteiger partial charge >= 0.3 is 0 Å². The summed E-state index contributed by atoms with van der Waals surface area (Å²) in [5.74, 6) is 0.896. The SMILES string of the molecule is COCC1CCN(CC(=O)c2ccc(Br)s2)CC1. The highest BCUT2D eigenvalue weighted by atomic mass is 79.9. The fourth-order valence-electron chi connectivity index (χ4n) is 2.29. The maximum absolute atomic E-state index is 12.1. The lowest BCUT2D eigenvalue weighted by molar-refractivity contribution is 0.0813. The van der Waals surface area contributed by atoms with E-state index < -0.39 is 0 Å². The van der Waals surface area contributed by atoms with Gasteiger partial charge in [0.15, 0.2) is 5.78 Å². The summed E-state index contributed by atoms with van der Waals surface area (Å²) in [6, 6.07) is 3.83. The molecular formula is C13H18BrNO2S. The summed E-state index contributed by atoms with van der Waals surface area (Å²) in [6.45, 7) is 3.41. The first-order chi connectivity index (χ1) is 8.69. The lowest BCUT2D eigenvalue weighted by atomic mass is 9.97. The number of Topliss-reactive ketones (excluding diaryl/α,β-unsaturated/α-hetero) is 1. The molecule has 18 heavy (non-hydrogen) atoms. The van der Waals surface area contributed by atoms with Crippen molar-refractivity contribution >= 4 is 33.0 Å². The molecule has 2 heterocycles. The number of nitrogens with zero attached hydrogens (tertiary/aromatic N) is 1. The molecule has 3 nitrogen and oxygen atoms in total. The van der Waals surface area contributed by atoms with Crippen molar-refractivity contribution in [3.8, 4) is 0 Å². The molecule has 0 aliphatic carbocycles. The lowest BCUT2D eigenvalue weighted by Gasteiger charge is -2.30. The quantitative estimate of drug-likeness (QED) is 0.776. The molecule has 2 rings (SSSR count). The smallest absolute Gasteiger partial charge is 0.186 e. The molecule has 100 valence electrons. The summed E-state index contributed by atoms with van der Waals surface area (Å²) < 4.78 is 6.20. The predicted molar refractivity (Wildman–Crippen MR) is 77.4 cm³/mol. The van der Waals surface area contributed by atoms with E-state index >= 15 is 0 Å². The molecule has 0 radical (unpaired) electrons. The summed E-state index contributed by atoms with van der Waals surface area (Å²) >= 11 is 4.90. The molecule has 0 spiro atoms. The number of ether oxygens (including phenoxy) is 1. The zero-order valence-electron chi connectivity index (χ0n) is 10.5. The van der Waals surface area contributed by atoms with Gasteiger partial charge in [-0.1, -0.05) is 0 Å². The van der Waals surface area contributed by atoms with Crippen molar-refractivity contribution in [1.82, 2.24) is 4.90 Å². The molecule has 1 aliphatic rings. The Balaban J connectivity index is 1.79. The van der Waals surface area contributed by atoms with E-state index in [4.69, 9.17) is 4.74 Å². The van der Waals surface area contributed by atoms with E-state index in [9.17, 15) is 4.79 Å². The van der Waals surface area contributed by atoms with Gasteiger partial charge in [0.1, 0.15) is 0 Å². The third-order valence-electron chi connectivity index (χ3n) is 3.32. The van der Waals surface area contributed by atoms with Crippen LogP contribution in [0.5, 0.6) is 0 Å². The predicted octanol–water partition coefficient (Wildman–Crippen LogP) is 3.05. The first-order valence-corrected chi connectivity index (χ1v) is 7.80. The van der Waals surface area contributed by atoms with Gasteiger partial charge in [0.25, 0.3) is 0 Å². The second-order valence-corrected chi connectivity index (χ2v) is 7.16. The number of rotatable bonds is 5. The topological polar surface area (TPSA) is 29.5 Å². The molecule has 1 aromatic heterocycles. The Hall–Kier alpha value is -0.230. The van der Waals surface area contributed by atoms with E-state index in [0.717, 1.165) is 41.2 Å². The minimum atomic E-state index is 0.232. The Kier molecular flexibility index (Phi) is 5.36. The summed E-state index contributed by atoms with van der Waals surface area (Å²) in [5, 5.41) is 0. The third kappa shape index (κ3) is 3.88. The van der Waals surface area contributed by atoms with Gasteiger partial charge in [-0.05, 0) is 59.9 Å². The largest absolute Gasteiger partial charge is 0.384 e. The molecule has 0 saturated carbocycles. The van der Waals surface area contributed by atoms with Crippen LogP contribution in [0.2, 0.25) is 0 Å². The first kappa shape index (κ1) is 14.2. The average Bonchev–Trinajstić information content (AvgIpc) is 2.79. The number of thiophene rings is 1. The Morgan fingerprint density at radius 2 is 2.22 bits per heavy atom. The standard InChI is InChI=1S/C13H18BrNO2S/c1-17-9-10-4-6-15(7-5-10)8-11(16)12-2-3-13(14)18-12/h2-3,10H,4-9H2,1H3. The van der Waals surface area contributed by atoms with Crippen LogP contribution >= 0.6 is 27.3 Å². The van der Waals surface area contributed by atoms with Crippen LogP contribution in [-0.2, 0) is 4.74 Å². The van der Waals surface area contributed by atoms with Gasteiger partial charge < -0.3 is 4.74 Å². The fourth-order valence-corrected chi connectivity index (χ4v) is 3.61. The molecule has 0 aromatic carbocycles. The number of piperidine rings is 1. The summed E-state index contributed by atoms with van der Waals surface area (Å²) in [4.78, 5) is 15.2. The summed E-state index contributed by atoms with van der Waals surface area (Å²) in [7, 11) is 1.75. The van der Waals surface area contributed by atoms with Crippen LogP contribution in [0.15, 0.2) is 15.9 Å². The summed E-state index contributed by atoms with van der Waals surface area (Å²) in [6.07, 6.45) is 2.27. The molecule has 5 heteroatoms. The minimum absolute atomic E-state index is 0.232. The number of carbonyl (C=O) groups excluding carboxylic acids is 1. The van der Waals surface area contributed by atoms with Crippen LogP contribution in [0.3, 0.4) is 0 Å². The van der Waals surface area contributed by atoms with Gasteiger partial charge in [-0.25, -0.2) is 0 Å². The molecule has 1 fully saturated rings. The number of methoxy groups -OCH3 is 1. The van der Waals surface area contributed by atoms with E-state index in [1.165, 1.54) is 11.3 Å². The number of halogens is 1. The van der Waals surface area contributed by atoms with Gasteiger partial charge in [0.2, 0.25) is 0 Å². The fraction of sp³-hybridized carbons (Fsp3) is 0.615. The molecule has 0 N–H and O–H groups in total. The second kappa shape index (κ2) is 6.80. The number of ketones is 1. The molecular weight excluding hydrogens is 314 g/mol. The highest BCUT2D eigenvalue weighted by molar-refractivity contribution is 9.11. The number of hydrogen-bond donors (Lipinski definition) is 0. The van der Waals surface area contributed by atoms with Crippen LogP contribution in [0.1, 0.15) is 22.5 Å². The first-order valence-electron chi connectivity index (χ1n) is 6.19. The average molecular weight is 332 g/mol. The van der Waals surface area contributed by atoms with E-state index in [2.05, 4.69) is 20.8 Å². The van der Waals surface area contributed by atoms with Gasteiger partial charge in [0.05, 0.1) is 15.2 Å². The zero-order valence-corrected chi connectivity index (χ0v) is 12.9. The van der Waals surface area contributed by atoms with E-state index in [1.54, 1.807) is 7.11 Å². The van der Waals surface area contributed by atoms with Gasteiger partial charge in [-0.2, -0.15) is 0 Å². The van der Waals surface area contributed by atoms with Crippen molar-refractivity contribution in [2.45, 2.75) is 12.8 Å². The van der Waals surface area contributed by atoms with Crippen molar-refractivity contribution in [3.63, 3.8) is 0 Å². The Morgan fingerprint density at radius 1 is 1.50 bits per heavy atom. The van der Waals surface area contributed by atoms with Crippen LogP contribution in [0.4, 0.5) is 0 Å². The number of likely N-dealkylation sites (tertiary alicyclic amines) is 1. The van der Waals surface area contributed by atoms with Gasteiger partial charge in [-0.15, -0.1) is 11.3 Å². The molecule has 0 atom stereocenters. The Bertz CT molecular complexity index is 399. The third-order valence-corrected chi connectivity index (χ3v) is 4.99.